The van der Waals surface area contributed by atoms with Crippen molar-refractivity contribution in [3.05, 3.63) is 42.0 Å². The molecule has 1 aromatic carbocycles. The molecule has 1 atom stereocenters. The second kappa shape index (κ2) is 4.49. The van der Waals surface area contributed by atoms with E-state index in [1.807, 2.05) is 30.3 Å². The molecular formula is C12H12O. The van der Waals surface area contributed by atoms with Gasteiger partial charge in [0, 0.05) is 5.57 Å². The maximum absolute atomic E-state index is 9.14. The van der Waals surface area contributed by atoms with Crippen LogP contribution in [0.25, 0.3) is 5.57 Å². The van der Waals surface area contributed by atoms with Gasteiger partial charge in [0.1, 0.15) is 0 Å². The largest absolute Gasteiger partial charge is 0.389 e. The molecule has 1 rings (SSSR count). The molecule has 0 amide bonds. The maximum Gasteiger partial charge on any atom is 0.0707 e. The summed E-state index contributed by atoms with van der Waals surface area (Å²) in [4.78, 5) is 0. The standard InChI is InChI=1S/C12H12O/c1-3-11(9-10(2)13)12-7-5-4-6-8-12/h1,4-10,13H,2H3/b11-9-. The Morgan fingerprint density at radius 1 is 1.46 bits per heavy atom. The first kappa shape index (κ1) is 9.57. The van der Waals surface area contributed by atoms with Crippen LogP contribution in [0.5, 0.6) is 0 Å². The van der Waals surface area contributed by atoms with Crippen LogP contribution in [0.4, 0.5) is 0 Å². The third-order valence-electron chi connectivity index (χ3n) is 1.65. The SMILES string of the molecule is C#C/C(=C/C(C)O)c1ccccc1. The van der Waals surface area contributed by atoms with E-state index in [1.54, 1.807) is 13.0 Å². The van der Waals surface area contributed by atoms with Crippen molar-refractivity contribution in [2.24, 2.45) is 0 Å². The van der Waals surface area contributed by atoms with Gasteiger partial charge in [-0.05, 0) is 18.6 Å². The molecule has 66 valence electrons. The molecule has 1 nitrogen and oxygen atoms in total. The highest BCUT2D eigenvalue weighted by Gasteiger charge is 1.98. The molecule has 0 fully saturated rings. The van der Waals surface area contributed by atoms with Gasteiger partial charge >= 0.3 is 0 Å². The van der Waals surface area contributed by atoms with Crippen LogP contribution in [-0.2, 0) is 0 Å². The second-order valence-electron chi connectivity index (χ2n) is 2.83. The van der Waals surface area contributed by atoms with E-state index in [0.717, 1.165) is 11.1 Å². The van der Waals surface area contributed by atoms with E-state index < -0.39 is 6.10 Å². The fraction of sp³-hybridized carbons (Fsp3) is 0.167. The van der Waals surface area contributed by atoms with Crippen molar-refractivity contribution < 1.29 is 5.11 Å². The monoisotopic (exact) mass is 172 g/mol. The van der Waals surface area contributed by atoms with Gasteiger partial charge in [-0.25, -0.2) is 0 Å². The smallest absolute Gasteiger partial charge is 0.0707 e. The quantitative estimate of drug-likeness (QED) is 0.677. The lowest BCUT2D eigenvalue weighted by molar-refractivity contribution is 0.245. The number of hydrogen-bond donors (Lipinski definition) is 1. The van der Waals surface area contributed by atoms with E-state index in [2.05, 4.69) is 5.92 Å². The van der Waals surface area contributed by atoms with Gasteiger partial charge in [0.15, 0.2) is 0 Å². The summed E-state index contributed by atoms with van der Waals surface area (Å²) in [6.45, 7) is 1.68. The Bertz CT molecular complexity index is 328. The Morgan fingerprint density at radius 3 is 2.54 bits per heavy atom. The Labute approximate surface area is 78.7 Å². The molecule has 0 bridgehead atoms. The minimum Gasteiger partial charge on any atom is -0.389 e. The van der Waals surface area contributed by atoms with Crippen LogP contribution in [0.2, 0.25) is 0 Å². The first-order valence-corrected chi connectivity index (χ1v) is 4.16. The van der Waals surface area contributed by atoms with E-state index >= 15 is 0 Å². The van der Waals surface area contributed by atoms with Crippen molar-refractivity contribution in [1.29, 1.82) is 0 Å². The third kappa shape index (κ3) is 2.77. The molecule has 1 N–H and O–H groups in total. The van der Waals surface area contributed by atoms with E-state index in [-0.39, 0.29) is 0 Å². The molecule has 1 unspecified atom stereocenters. The summed E-state index contributed by atoms with van der Waals surface area (Å²) in [5.41, 5.74) is 1.70. The zero-order chi connectivity index (χ0) is 9.68. The van der Waals surface area contributed by atoms with Gasteiger partial charge in [-0.3, -0.25) is 0 Å². The second-order valence-corrected chi connectivity index (χ2v) is 2.83. The number of aliphatic hydroxyl groups excluding tert-OH is 1. The molecular weight excluding hydrogens is 160 g/mol. The van der Waals surface area contributed by atoms with Gasteiger partial charge in [0.25, 0.3) is 0 Å². The van der Waals surface area contributed by atoms with E-state index in [4.69, 9.17) is 11.5 Å². The molecule has 0 radical (unpaired) electrons. The average Bonchev–Trinajstić information content (AvgIpc) is 2.15. The normalized spacial score (nSPS) is 13.5. The molecule has 1 aromatic rings. The first-order chi connectivity index (χ1) is 6.24. The van der Waals surface area contributed by atoms with Crippen LogP contribution >= 0.6 is 0 Å². The Kier molecular flexibility index (Phi) is 3.31. The van der Waals surface area contributed by atoms with Crippen molar-refractivity contribution in [1.82, 2.24) is 0 Å². The topological polar surface area (TPSA) is 20.2 Å². The summed E-state index contributed by atoms with van der Waals surface area (Å²) in [7, 11) is 0. The van der Waals surface area contributed by atoms with E-state index in [9.17, 15) is 0 Å². The molecule has 0 saturated carbocycles. The summed E-state index contributed by atoms with van der Waals surface area (Å²) >= 11 is 0. The van der Waals surface area contributed by atoms with Gasteiger partial charge < -0.3 is 5.11 Å². The van der Waals surface area contributed by atoms with Crippen molar-refractivity contribution in [2.75, 3.05) is 0 Å². The molecule has 0 aliphatic carbocycles. The summed E-state index contributed by atoms with van der Waals surface area (Å²) in [6, 6.07) is 9.62. The van der Waals surface area contributed by atoms with Crippen molar-refractivity contribution in [2.45, 2.75) is 13.0 Å². The van der Waals surface area contributed by atoms with Gasteiger partial charge in [0.2, 0.25) is 0 Å². The highest BCUT2D eigenvalue weighted by Crippen LogP contribution is 2.13. The minimum atomic E-state index is -0.508. The van der Waals surface area contributed by atoms with Gasteiger partial charge in [-0.2, -0.15) is 0 Å². The highest BCUT2D eigenvalue weighted by molar-refractivity contribution is 5.78. The molecule has 0 aliphatic rings. The molecule has 0 aromatic heterocycles. The zero-order valence-corrected chi connectivity index (χ0v) is 7.57. The van der Waals surface area contributed by atoms with Crippen LogP contribution in [-0.4, -0.2) is 11.2 Å². The lowest BCUT2D eigenvalue weighted by atomic mass is 10.1. The third-order valence-corrected chi connectivity index (χ3v) is 1.65. The number of hydrogen-bond acceptors (Lipinski definition) is 1. The average molecular weight is 172 g/mol. The van der Waals surface area contributed by atoms with Crippen LogP contribution < -0.4 is 0 Å². The summed E-state index contributed by atoms with van der Waals surface area (Å²) in [5, 5.41) is 9.14. The maximum atomic E-state index is 9.14. The van der Waals surface area contributed by atoms with Crippen molar-refractivity contribution in [3.63, 3.8) is 0 Å². The Balaban J connectivity index is 3.00. The number of aliphatic hydroxyl groups is 1. The molecule has 0 heterocycles. The molecule has 0 saturated heterocycles. The lowest BCUT2D eigenvalue weighted by Gasteiger charge is -2.01. The Hall–Kier alpha value is -1.52. The minimum absolute atomic E-state index is 0.508. The molecule has 0 spiro atoms. The summed E-state index contributed by atoms with van der Waals surface area (Å²) in [6.07, 6.45) is 6.48. The van der Waals surface area contributed by atoms with Crippen LogP contribution in [0.1, 0.15) is 12.5 Å². The zero-order valence-electron chi connectivity index (χ0n) is 7.57. The van der Waals surface area contributed by atoms with Crippen molar-refractivity contribution in [3.8, 4) is 12.3 Å². The molecule has 0 aliphatic heterocycles. The molecule has 13 heavy (non-hydrogen) atoms. The number of allylic oxidation sites excluding steroid dienone is 1. The van der Waals surface area contributed by atoms with Crippen molar-refractivity contribution >= 4 is 5.57 Å². The number of benzene rings is 1. The number of rotatable bonds is 2. The van der Waals surface area contributed by atoms with Crippen LogP contribution in [0, 0.1) is 12.3 Å². The fourth-order valence-electron chi connectivity index (χ4n) is 1.09. The highest BCUT2D eigenvalue weighted by atomic mass is 16.3. The predicted molar refractivity (Wildman–Crippen MR) is 54.9 cm³/mol. The van der Waals surface area contributed by atoms with E-state index in [0.29, 0.717) is 0 Å². The van der Waals surface area contributed by atoms with Crippen LogP contribution in [0.15, 0.2) is 36.4 Å². The summed E-state index contributed by atoms with van der Waals surface area (Å²) in [5.74, 6) is 2.55. The first-order valence-electron chi connectivity index (χ1n) is 4.16. The van der Waals surface area contributed by atoms with E-state index in [1.165, 1.54) is 0 Å². The predicted octanol–water partition coefficient (Wildman–Crippen LogP) is 2.08. The van der Waals surface area contributed by atoms with Crippen LogP contribution in [0.3, 0.4) is 0 Å². The Morgan fingerprint density at radius 2 is 2.08 bits per heavy atom. The lowest BCUT2D eigenvalue weighted by Crippen LogP contribution is -1.94. The van der Waals surface area contributed by atoms with Gasteiger partial charge in [-0.1, -0.05) is 36.3 Å². The number of terminal acetylenes is 1. The summed E-state index contributed by atoms with van der Waals surface area (Å²) < 4.78 is 0. The fourth-order valence-corrected chi connectivity index (χ4v) is 1.09. The molecule has 1 heteroatoms. The van der Waals surface area contributed by atoms with Gasteiger partial charge in [0.05, 0.1) is 6.10 Å². The van der Waals surface area contributed by atoms with Gasteiger partial charge in [-0.15, -0.1) is 6.42 Å².